The zero-order valence-corrected chi connectivity index (χ0v) is 12.8. The summed E-state index contributed by atoms with van der Waals surface area (Å²) in [6.07, 6.45) is 5.54. The Labute approximate surface area is 130 Å². The van der Waals surface area contributed by atoms with Crippen molar-refractivity contribution in [2.75, 3.05) is 19.7 Å². The first-order chi connectivity index (χ1) is 10.8. The molecular weight excluding hydrogens is 276 g/mol. The normalized spacial score (nSPS) is 21.4. The number of carbonyl (C=O) groups excluding carboxylic acids is 1. The van der Waals surface area contributed by atoms with Crippen molar-refractivity contribution in [1.82, 2.24) is 9.88 Å². The molecule has 0 saturated carbocycles. The van der Waals surface area contributed by atoms with Crippen molar-refractivity contribution in [3.8, 4) is 0 Å². The molecule has 2 fully saturated rings. The van der Waals surface area contributed by atoms with Crippen molar-refractivity contribution in [1.29, 1.82) is 0 Å². The average molecular weight is 298 g/mol. The van der Waals surface area contributed by atoms with Gasteiger partial charge in [0.05, 0.1) is 5.60 Å². The minimum absolute atomic E-state index is 0.0511. The van der Waals surface area contributed by atoms with Gasteiger partial charge in [-0.2, -0.15) is 0 Å². The van der Waals surface area contributed by atoms with Crippen LogP contribution in [0.1, 0.15) is 42.6 Å². The number of aromatic nitrogens is 1. The number of ether oxygens (including phenoxy) is 1. The molecule has 2 aromatic rings. The molecule has 0 bridgehead atoms. The van der Waals surface area contributed by atoms with E-state index in [1.807, 2.05) is 35.2 Å². The lowest BCUT2D eigenvalue weighted by Crippen LogP contribution is -2.49. The summed E-state index contributed by atoms with van der Waals surface area (Å²) < 4.78 is 6.04. The summed E-state index contributed by atoms with van der Waals surface area (Å²) in [7, 11) is 0. The maximum Gasteiger partial charge on any atom is 0.270 e. The van der Waals surface area contributed by atoms with Crippen molar-refractivity contribution >= 4 is 16.8 Å². The molecule has 4 nitrogen and oxygen atoms in total. The Morgan fingerprint density at radius 2 is 1.95 bits per heavy atom. The van der Waals surface area contributed by atoms with E-state index in [-0.39, 0.29) is 11.5 Å². The van der Waals surface area contributed by atoms with Crippen molar-refractivity contribution in [3.05, 3.63) is 36.0 Å². The van der Waals surface area contributed by atoms with Crippen LogP contribution in [-0.2, 0) is 4.74 Å². The van der Waals surface area contributed by atoms with E-state index in [0.717, 1.165) is 49.9 Å². The van der Waals surface area contributed by atoms with Gasteiger partial charge in [0, 0.05) is 30.6 Å². The second-order valence-electron chi connectivity index (χ2n) is 6.55. The molecule has 0 unspecified atom stereocenters. The number of hydrogen-bond donors (Lipinski definition) is 1. The van der Waals surface area contributed by atoms with Crippen LogP contribution >= 0.6 is 0 Å². The number of likely N-dealkylation sites (tertiary alicyclic amines) is 1. The second-order valence-corrected chi connectivity index (χ2v) is 6.55. The largest absolute Gasteiger partial charge is 0.375 e. The third kappa shape index (κ3) is 2.41. The molecular formula is C18H22N2O2. The molecule has 22 heavy (non-hydrogen) atoms. The molecule has 0 radical (unpaired) electrons. The molecule has 1 spiro atoms. The van der Waals surface area contributed by atoms with E-state index in [0.29, 0.717) is 5.69 Å². The third-order valence-electron chi connectivity index (χ3n) is 5.16. The van der Waals surface area contributed by atoms with Crippen LogP contribution < -0.4 is 0 Å². The molecule has 116 valence electrons. The molecule has 4 rings (SSSR count). The quantitative estimate of drug-likeness (QED) is 0.877. The zero-order valence-electron chi connectivity index (χ0n) is 12.8. The third-order valence-corrected chi connectivity index (χ3v) is 5.16. The zero-order chi connectivity index (χ0) is 15.0. The number of fused-ring (bicyclic) bond motifs is 1. The van der Waals surface area contributed by atoms with E-state index in [1.165, 1.54) is 12.8 Å². The van der Waals surface area contributed by atoms with E-state index in [4.69, 9.17) is 4.74 Å². The fourth-order valence-corrected chi connectivity index (χ4v) is 3.78. The van der Waals surface area contributed by atoms with E-state index in [9.17, 15) is 4.79 Å². The number of nitrogens with one attached hydrogen (secondary N) is 1. The first-order valence-electron chi connectivity index (χ1n) is 8.27. The summed E-state index contributed by atoms with van der Waals surface area (Å²) in [6, 6.07) is 9.98. The highest BCUT2D eigenvalue weighted by Gasteiger charge is 2.38. The Kier molecular flexibility index (Phi) is 3.41. The fourth-order valence-electron chi connectivity index (χ4n) is 3.78. The van der Waals surface area contributed by atoms with Crippen LogP contribution in [-0.4, -0.2) is 41.1 Å². The summed E-state index contributed by atoms with van der Waals surface area (Å²) in [4.78, 5) is 17.9. The molecule has 1 aromatic carbocycles. The van der Waals surface area contributed by atoms with E-state index >= 15 is 0 Å². The average Bonchev–Trinajstić information content (AvgIpc) is 3.00. The number of hydrogen-bond acceptors (Lipinski definition) is 2. The van der Waals surface area contributed by atoms with Crippen molar-refractivity contribution < 1.29 is 9.53 Å². The molecule has 2 aliphatic heterocycles. The van der Waals surface area contributed by atoms with Gasteiger partial charge < -0.3 is 14.6 Å². The van der Waals surface area contributed by atoms with Crippen LogP contribution in [0.15, 0.2) is 30.3 Å². The lowest BCUT2D eigenvalue weighted by Gasteiger charge is -2.43. The first kappa shape index (κ1) is 13.8. The van der Waals surface area contributed by atoms with E-state index < -0.39 is 0 Å². The van der Waals surface area contributed by atoms with Gasteiger partial charge in [-0.3, -0.25) is 4.79 Å². The van der Waals surface area contributed by atoms with Gasteiger partial charge in [-0.15, -0.1) is 0 Å². The van der Waals surface area contributed by atoms with Crippen molar-refractivity contribution in [2.24, 2.45) is 0 Å². The summed E-state index contributed by atoms with van der Waals surface area (Å²) in [6.45, 7) is 2.48. The minimum atomic E-state index is 0.0511. The predicted molar refractivity (Wildman–Crippen MR) is 86.0 cm³/mol. The number of carbonyl (C=O) groups is 1. The lowest BCUT2D eigenvalue weighted by atomic mass is 9.84. The molecule has 1 N–H and O–H groups in total. The second kappa shape index (κ2) is 5.43. The number of piperidine rings is 1. The van der Waals surface area contributed by atoms with Crippen LogP contribution in [0, 0.1) is 0 Å². The summed E-state index contributed by atoms with van der Waals surface area (Å²) in [5, 5.41) is 1.09. The van der Waals surface area contributed by atoms with Crippen LogP contribution in [0.3, 0.4) is 0 Å². The highest BCUT2D eigenvalue weighted by Crippen LogP contribution is 2.35. The maximum absolute atomic E-state index is 12.7. The predicted octanol–water partition coefficient (Wildman–Crippen LogP) is 3.34. The Bertz CT molecular complexity index is 642. The Morgan fingerprint density at radius 3 is 2.68 bits per heavy atom. The van der Waals surface area contributed by atoms with Crippen LogP contribution in [0.5, 0.6) is 0 Å². The number of para-hydroxylation sites is 1. The smallest absolute Gasteiger partial charge is 0.270 e. The highest BCUT2D eigenvalue weighted by atomic mass is 16.5. The Morgan fingerprint density at radius 1 is 1.14 bits per heavy atom. The first-order valence-corrected chi connectivity index (χ1v) is 8.27. The number of amides is 1. The Hall–Kier alpha value is -1.81. The molecule has 0 aliphatic carbocycles. The van der Waals surface area contributed by atoms with Gasteiger partial charge in [-0.05, 0) is 44.2 Å². The van der Waals surface area contributed by atoms with Crippen molar-refractivity contribution in [2.45, 2.75) is 37.7 Å². The van der Waals surface area contributed by atoms with Crippen LogP contribution in [0.25, 0.3) is 10.9 Å². The number of benzene rings is 1. The Balaban J connectivity index is 1.47. The SMILES string of the molecule is O=C(c1cc2ccccc2[nH]1)N1CCC2(CCCCO2)CC1. The topological polar surface area (TPSA) is 45.3 Å². The van der Waals surface area contributed by atoms with Gasteiger partial charge in [0.15, 0.2) is 0 Å². The van der Waals surface area contributed by atoms with Crippen molar-refractivity contribution in [3.63, 3.8) is 0 Å². The van der Waals surface area contributed by atoms with E-state index in [2.05, 4.69) is 4.98 Å². The van der Waals surface area contributed by atoms with Crippen LogP contribution in [0.2, 0.25) is 0 Å². The van der Waals surface area contributed by atoms with Gasteiger partial charge in [0.2, 0.25) is 0 Å². The number of aromatic amines is 1. The van der Waals surface area contributed by atoms with E-state index in [1.54, 1.807) is 0 Å². The number of rotatable bonds is 1. The highest BCUT2D eigenvalue weighted by molar-refractivity contribution is 5.98. The monoisotopic (exact) mass is 298 g/mol. The fraction of sp³-hybridized carbons (Fsp3) is 0.500. The summed E-state index contributed by atoms with van der Waals surface area (Å²) in [5.41, 5.74) is 1.77. The van der Waals surface area contributed by atoms with Gasteiger partial charge >= 0.3 is 0 Å². The van der Waals surface area contributed by atoms with Crippen LogP contribution in [0.4, 0.5) is 0 Å². The number of nitrogens with zero attached hydrogens (tertiary/aromatic N) is 1. The summed E-state index contributed by atoms with van der Waals surface area (Å²) >= 11 is 0. The molecule has 4 heteroatoms. The molecule has 1 aromatic heterocycles. The minimum Gasteiger partial charge on any atom is -0.375 e. The molecule has 2 saturated heterocycles. The van der Waals surface area contributed by atoms with Gasteiger partial charge in [0.1, 0.15) is 5.69 Å². The standard InChI is InChI=1S/C18H22N2O2/c21-17(16-13-14-5-1-2-6-15(14)19-16)20-10-8-18(9-11-20)7-3-4-12-22-18/h1-2,5-6,13,19H,3-4,7-12H2. The van der Waals surface area contributed by atoms with Gasteiger partial charge in [-0.1, -0.05) is 18.2 Å². The maximum atomic E-state index is 12.7. The van der Waals surface area contributed by atoms with Gasteiger partial charge in [-0.25, -0.2) is 0 Å². The van der Waals surface area contributed by atoms with Gasteiger partial charge in [0.25, 0.3) is 5.91 Å². The molecule has 0 atom stereocenters. The molecule has 2 aliphatic rings. The summed E-state index contributed by atoms with van der Waals surface area (Å²) in [5.74, 6) is 0.113. The number of H-pyrrole nitrogens is 1. The lowest BCUT2D eigenvalue weighted by molar-refractivity contribution is -0.107. The molecule has 3 heterocycles. The molecule has 1 amide bonds.